The van der Waals surface area contributed by atoms with Gasteiger partial charge in [-0.3, -0.25) is 9.59 Å². The number of hydrogen-bond donors (Lipinski definition) is 1. The number of likely N-dealkylation sites (N-methyl/N-ethyl adjacent to an activating group) is 1. The van der Waals surface area contributed by atoms with Crippen molar-refractivity contribution in [1.29, 1.82) is 0 Å². The van der Waals surface area contributed by atoms with Crippen molar-refractivity contribution in [2.24, 2.45) is 0 Å². The molecule has 1 N–H and O–H groups in total. The van der Waals surface area contributed by atoms with Gasteiger partial charge in [0.05, 0.1) is 10.6 Å². The van der Waals surface area contributed by atoms with Gasteiger partial charge >= 0.3 is 0 Å². The van der Waals surface area contributed by atoms with Crippen LogP contribution in [0.4, 0.5) is 0 Å². The smallest absolute Gasteiger partial charge is 0.294 e. The Morgan fingerprint density at radius 1 is 1.14 bits per heavy atom. The van der Waals surface area contributed by atoms with Crippen LogP contribution in [-0.4, -0.2) is 51.1 Å². The predicted molar refractivity (Wildman–Crippen MR) is 107 cm³/mol. The summed E-state index contributed by atoms with van der Waals surface area (Å²) in [6, 6.07) is 13.0. The Morgan fingerprint density at radius 2 is 1.96 bits per heavy atom. The van der Waals surface area contributed by atoms with Gasteiger partial charge in [0.15, 0.2) is 5.82 Å². The number of hydrogen-bond acceptors (Lipinski definition) is 5. The second-order valence-corrected chi connectivity index (χ2v) is 7.56. The molecule has 1 aromatic carbocycles. The first kappa shape index (κ1) is 18.4. The summed E-state index contributed by atoms with van der Waals surface area (Å²) >= 11 is 1.54. The molecule has 1 saturated heterocycles. The molecule has 0 saturated carbocycles. The highest BCUT2D eigenvalue weighted by molar-refractivity contribution is 7.13. The van der Waals surface area contributed by atoms with Gasteiger partial charge in [-0.05, 0) is 42.8 Å². The molecule has 0 bridgehead atoms. The van der Waals surface area contributed by atoms with Crippen molar-refractivity contribution in [2.45, 2.75) is 25.3 Å². The van der Waals surface area contributed by atoms with Gasteiger partial charge in [0.1, 0.15) is 6.04 Å². The van der Waals surface area contributed by atoms with E-state index in [1.54, 1.807) is 28.0 Å². The van der Waals surface area contributed by atoms with E-state index in [-0.39, 0.29) is 17.6 Å². The minimum Gasteiger partial charge on any atom is -0.357 e. The molecule has 3 aromatic rings. The first-order valence-corrected chi connectivity index (χ1v) is 10.2. The van der Waals surface area contributed by atoms with Crippen LogP contribution in [-0.2, 0) is 4.79 Å². The van der Waals surface area contributed by atoms with Crippen LogP contribution in [0.1, 0.15) is 29.9 Å². The Hall–Kier alpha value is -3.00. The van der Waals surface area contributed by atoms with Crippen LogP contribution in [0.25, 0.3) is 16.4 Å². The lowest BCUT2D eigenvalue weighted by Crippen LogP contribution is -2.51. The van der Waals surface area contributed by atoms with Crippen LogP contribution in [0, 0.1) is 0 Å². The number of para-hydroxylation sites is 1. The molecule has 0 spiro atoms. The van der Waals surface area contributed by atoms with Gasteiger partial charge in [0, 0.05) is 13.6 Å². The maximum atomic E-state index is 13.2. The van der Waals surface area contributed by atoms with Crippen molar-refractivity contribution in [3.05, 3.63) is 53.7 Å². The minimum absolute atomic E-state index is 0.114. The van der Waals surface area contributed by atoms with Crippen molar-refractivity contribution >= 4 is 23.2 Å². The van der Waals surface area contributed by atoms with Crippen LogP contribution in [0.3, 0.4) is 0 Å². The zero-order valence-corrected chi connectivity index (χ0v) is 16.4. The summed E-state index contributed by atoms with van der Waals surface area (Å²) in [5, 5.41) is 9.14. The normalized spacial score (nSPS) is 16.8. The molecule has 4 rings (SSSR count). The molecule has 7 nitrogen and oxygen atoms in total. The summed E-state index contributed by atoms with van der Waals surface area (Å²) < 4.78 is 1.69. The van der Waals surface area contributed by atoms with Gasteiger partial charge in [0.25, 0.3) is 5.91 Å². The fourth-order valence-corrected chi connectivity index (χ4v) is 4.16. The summed E-state index contributed by atoms with van der Waals surface area (Å²) in [6.45, 7) is 0.533. The Morgan fingerprint density at radius 3 is 2.68 bits per heavy atom. The molecule has 3 heterocycles. The number of benzene rings is 1. The Kier molecular flexibility index (Phi) is 5.21. The third-order valence-electron chi connectivity index (χ3n) is 4.85. The molecule has 0 radical (unpaired) electrons. The fraction of sp³-hybridized carbons (Fsp3) is 0.300. The van der Waals surface area contributed by atoms with Crippen molar-refractivity contribution in [1.82, 2.24) is 25.0 Å². The second-order valence-electron chi connectivity index (χ2n) is 6.61. The molecular formula is C20H21N5O2S. The summed E-state index contributed by atoms with van der Waals surface area (Å²) in [5.74, 6) is 0.288. The van der Waals surface area contributed by atoms with E-state index in [0.29, 0.717) is 18.8 Å². The number of likely N-dealkylation sites (tertiary alicyclic amines) is 1. The summed E-state index contributed by atoms with van der Waals surface area (Å²) in [4.78, 5) is 32.5. The number of thiophene rings is 1. The topological polar surface area (TPSA) is 80.1 Å². The average molecular weight is 395 g/mol. The Bertz CT molecular complexity index is 968. The van der Waals surface area contributed by atoms with E-state index >= 15 is 0 Å². The number of carbonyl (C=O) groups is 2. The molecule has 1 atom stereocenters. The maximum absolute atomic E-state index is 13.2. The van der Waals surface area contributed by atoms with Crippen LogP contribution < -0.4 is 5.32 Å². The lowest BCUT2D eigenvalue weighted by Gasteiger charge is -2.33. The van der Waals surface area contributed by atoms with Crippen LogP contribution in [0.2, 0.25) is 0 Å². The lowest BCUT2D eigenvalue weighted by atomic mass is 10.0. The highest BCUT2D eigenvalue weighted by atomic mass is 32.1. The number of carbonyl (C=O) groups excluding carboxylic acids is 2. The van der Waals surface area contributed by atoms with Crippen LogP contribution >= 0.6 is 11.3 Å². The van der Waals surface area contributed by atoms with Crippen LogP contribution in [0.15, 0.2) is 47.8 Å². The molecule has 0 aliphatic carbocycles. The first-order valence-electron chi connectivity index (χ1n) is 9.28. The fourth-order valence-electron chi connectivity index (χ4n) is 3.46. The zero-order chi connectivity index (χ0) is 19.5. The molecule has 2 aromatic heterocycles. The number of piperidine rings is 1. The zero-order valence-electron chi connectivity index (χ0n) is 15.5. The van der Waals surface area contributed by atoms with E-state index in [4.69, 9.17) is 0 Å². The molecule has 1 aliphatic heterocycles. The average Bonchev–Trinajstić information content (AvgIpc) is 3.43. The van der Waals surface area contributed by atoms with E-state index in [1.807, 2.05) is 47.8 Å². The van der Waals surface area contributed by atoms with Crippen molar-refractivity contribution in [3.63, 3.8) is 0 Å². The van der Waals surface area contributed by atoms with Crippen molar-refractivity contribution < 1.29 is 9.59 Å². The van der Waals surface area contributed by atoms with Crippen LogP contribution in [0.5, 0.6) is 0 Å². The monoisotopic (exact) mass is 395 g/mol. The summed E-state index contributed by atoms with van der Waals surface area (Å²) in [7, 11) is 1.59. The summed E-state index contributed by atoms with van der Waals surface area (Å²) in [6.07, 6.45) is 2.45. The molecule has 8 heteroatoms. The predicted octanol–water partition coefficient (Wildman–Crippen LogP) is 2.74. The van der Waals surface area contributed by atoms with E-state index in [0.717, 1.165) is 23.4 Å². The molecule has 0 unspecified atom stereocenters. The van der Waals surface area contributed by atoms with Gasteiger partial charge in [-0.15, -0.1) is 16.4 Å². The van der Waals surface area contributed by atoms with Gasteiger partial charge in [-0.2, -0.15) is 0 Å². The molecule has 2 amide bonds. The Balaban J connectivity index is 1.74. The van der Waals surface area contributed by atoms with Gasteiger partial charge in [-0.1, -0.05) is 24.3 Å². The molecule has 144 valence electrons. The number of nitrogens with zero attached hydrogens (tertiary/aromatic N) is 4. The molecular weight excluding hydrogens is 374 g/mol. The largest absolute Gasteiger partial charge is 0.357 e. The minimum atomic E-state index is -0.472. The highest BCUT2D eigenvalue weighted by Gasteiger charge is 2.34. The Labute approximate surface area is 167 Å². The van der Waals surface area contributed by atoms with Gasteiger partial charge < -0.3 is 10.2 Å². The van der Waals surface area contributed by atoms with E-state index in [1.165, 1.54) is 0 Å². The number of amides is 2. The third-order valence-corrected chi connectivity index (χ3v) is 5.72. The number of rotatable bonds is 4. The first-order chi connectivity index (χ1) is 13.7. The third kappa shape index (κ3) is 3.43. The summed E-state index contributed by atoms with van der Waals surface area (Å²) in [5.41, 5.74) is 0.832. The number of nitrogens with one attached hydrogen (secondary N) is 1. The van der Waals surface area contributed by atoms with Crippen molar-refractivity contribution in [2.75, 3.05) is 13.6 Å². The van der Waals surface area contributed by atoms with E-state index < -0.39 is 6.04 Å². The quantitative estimate of drug-likeness (QED) is 0.737. The number of aromatic nitrogens is 3. The van der Waals surface area contributed by atoms with Crippen molar-refractivity contribution in [3.8, 4) is 16.4 Å². The molecule has 1 fully saturated rings. The standard InChI is InChI=1S/C20H21N5O2S/c1-21-19(26)15-10-5-6-12-24(15)20(27)17-22-18(16-11-7-13-28-16)25(23-17)14-8-3-2-4-9-14/h2-4,7-9,11,13,15H,5-6,10,12H2,1H3,(H,21,26)/t15-/m1/s1. The molecule has 28 heavy (non-hydrogen) atoms. The highest BCUT2D eigenvalue weighted by Crippen LogP contribution is 2.26. The SMILES string of the molecule is CNC(=O)[C@H]1CCCCN1C(=O)c1nc(-c2cccs2)n(-c2ccccc2)n1. The van der Waals surface area contributed by atoms with E-state index in [2.05, 4.69) is 15.4 Å². The van der Waals surface area contributed by atoms with E-state index in [9.17, 15) is 9.59 Å². The maximum Gasteiger partial charge on any atom is 0.294 e. The van der Waals surface area contributed by atoms with Gasteiger partial charge in [-0.25, -0.2) is 9.67 Å². The lowest BCUT2D eigenvalue weighted by molar-refractivity contribution is -0.126. The van der Waals surface area contributed by atoms with Gasteiger partial charge in [0.2, 0.25) is 11.7 Å². The molecule has 1 aliphatic rings. The second kappa shape index (κ2) is 7.93.